The van der Waals surface area contributed by atoms with E-state index in [4.69, 9.17) is 11.6 Å². The first-order valence-electron chi connectivity index (χ1n) is 5.47. The molecule has 1 aromatic carbocycles. The first-order chi connectivity index (χ1) is 7.04. The molecule has 1 aromatic rings. The molecule has 0 saturated carbocycles. The van der Waals surface area contributed by atoms with Crippen molar-refractivity contribution in [3.05, 3.63) is 34.3 Å². The summed E-state index contributed by atoms with van der Waals surface area (Å²) in [6.45, 7) is 6.51. The number of rotatable bonds is 4. The lowest BCUT2D eigenvalue weighted by Crippen LogP contribution is -2.29. The predicted molar refractivity (Wildman–Crippen MR) is 67.6 cm³/mol. The second-order valence-electron chi connectivity index (χ2n) is 4.35. The largest absolute Gasteiger partial charge is 0.317 e. The van der Waals surface area contributed by atoms with Gasteiger partial charge in [0.2, 0.25) is 0 Å². The Balaban J connectivity index is 2.72. The highest BCUT2D eigenvalue weighted by Crippen LogP contribution is 2.21. The number of hydrogen-bond donors (Lipinski definition) is 1. The quantitative estimate of drug-likeness (QED) is 0.828. The summed E-state index contributed by atoms with van der Waals surface area (Å²) in [5, 5.41) is 4.17. The van der Waals surface area contributed by atoms with Crippen LogP contribution in [-0.4, -0.2) is 13.1 Å². The Hall–Kier alpha value is -0.530. The lowest BCUT2D eigenvalue weighted by atomic mass is 9.94. The zero-order valence-corrected chi connectivity index (χ0v) is 10.7. The molecule has 0 aliphatic rings. The second kappa shape index (κ2) is 5.53. The highest BCUT2D eigenvalue weighted by Gasteiger charge is 2.12. The minimum atomic E-state index is 0.516. The smallest absolute Gasteiger partial charge is 0.0440 e. The van der Waals surface area contributed by atoms with Crippen molar-refractivity contribution in [2.24, 2.45) is 5.92 Å². The number of halogens is 1. The highest BCUT2D eigenvalue weighted by molar-refractivity contribution is 6.31. The van der Waals surface area contributed by atoms with Gasteiger partial charge in [-0.15, -0.1) is 0 Å². The van der Waals surface area contributed by atoms with Gasteiger partial charge in [0, 0.05) is 11.1 Å². The molecule has 0 aromatic heterocycles. The molecule has 84 valence electrons. The van der Waals surface area contributed by atoms with Crippen LogP contribution in [0.25, 0.3) is 0 Å². The first kappa shape index (κ1) is 12.5. The number of hydrogen-bond acceptors (Lipinski definition) is 1. The number of aryl methyl sites for hydroxylation is 1. The van der Waals surface area contributed by atoms with E-state index < -0.39 is 0 Å². The Kier molecular flexibility index (Phi) is 4.62. The molecule has 1 rings (SSSR count). The Labute approximate surface area is 97.8 Å². The summed E-state index contributed by atoms with van der Waals surface area (Å²) in [6, 6.07) is 6.81. The van der Waals surface area contributed by atoms with Crippen molar-refractivity contribution >= 4 is 11.6 Å². The fourth-order valence-corrected chi connectivity index (χ4v) is 1.94. The third-order valence-corrected chi connectivity index (χ3v) is 3.41. The van der Waals surface area contributed by atoms with Crippen molar-refractivity contribution < 1.29 is 0 Å². The fourth-order valence-electron chi connectivity index (χ4n) is 1.63. The van der Waals surface area contributed by atoms with Crippen molar-refractivity contribution in [3.63, 3.8) is 0 Å². The molecule has 1 N–H and O–H groups in total. The van der Waals surface area contributed by atoms with Gasteiger partial charge in [-0.3, -0.25) is 0 Å². The van der Waals surface area contributed by atoms with Crippen LogP contribution in [0.3, 0.4) is 0 Å². The number of nitrogens with one attached hydrogen (secondary N) is 1. The molecule has 0 spiro atoms. The topological polar surface area (TPSA) is 12.0 Å². The molecule has 0 fully saturated rings. The van der Waals surface area contributed by atoms with Crippen LogP contribution in [-0.2, 0) is 6.42 Å². The van der Waals surface area contributed by atoms with Crippen LogP contribution in [0.4, 0.5) is 0 Å². The molecular formula is C13H20ClN. The molecule has 1 nitrogen and oxygen atoms in total. The van der Waals surface area contributed by atoms with E-state index in [-0.39, 0.29) is 0 Å². The van der Waals surface area contributed by atoms with Crippen LogP contribution >= 0.6 is 11.6 Å². The normalized spacial score (nSPS) is 15.0. The maximum Gasteiger partial charge on any atom is 0.0440 e. The van der Waals surface area contributed by atoms with Crippen LogP contribution in [0, 0.1) is 12.8 Å². The van der Waals surface area contributed by atoms with Gasteiger partial charge in [0.1, 0.15) is 0 Å². The van der Waals surface area contributed by atoms with Crippen LogP contribution in [0.5, 0.6) is 0 Å². The molecular weight excluding hydrogens is 206 g/mol. The first-order valence-corrected chi connectivity index (χ1v) is 5.84. The average Bonchev–Trinajstić information content (AvgIpc) is 2.20. The van der Waals surface area contributed by atoms with E-state index >= 15 is 0 Å². The maximum atomic E-state index is 6.20. The monoisotopic (exact) mass is 225 g/mol. The zero-order chi connectivity index (χ0) is 11.4. The predicted octanol–water partition coefficient (Wildman–Crippen LogP) is 3.43. The van der Waals surface area contributed by atoms with Gasteiger partial charge < -0.3 is 5.32 Å². The van der Waals surface area contributed by atoms with E-state index in [2.05, 4.69) is 38.2 Å². The highest BCUT2D eigenvalue weighted by atomic mass is 35.5. The lowest BCUT2D eigenvalue weighted by Gasteiger charge is -2.19. The molecule has 0 amide bonds. The molecule has 2 atom stereocenters. The van der Waals surface area contributed by atoms with Crippen LogP contribution in [0.2, 0.25) is 5.02 Å². The van der Waals surface area contributed by atoms with E-state index in [9.17, 15) is 0 Å². The zero-order valence-electron chi connectivity index (χ0n) is 9.97. The summed E-state index contributed by atoms with van der Waals surface area (Å²) in [5.41, 5.74) is 2.47. The van der Waals surface area contributed by atoms with E-state index in [1.165, 1.54) is 11.1 Å². The summed E-state index contributed by atoms with van der Waals surface area (Å²) in [7, 11) is 2.00. The van der Waals surface area contributed by atoms with E-state index in [0.717, 1.165) is 11.4 Å². The van der Waals surface area contributed by atoms with Crippen molar-refractivity contribution in [1.29, 1.82) is 0 Å². The summed E-state index contributed by atoms with van der Waals surface area (Å²) in [6.07, 6.45) is 1.03. The standard InChI is InChI=1S/C13H20ClN/c1-9-5-6-12(13(14)7-9)8-10(2)11(3)15-4/h5-7,10-11,15H,8H2,1-4H3. The molecule has 0 bridgehead atoms. The fraction of sp³-hybridized carbons (Fsp3) is 0.538. The summed E-state index contributed by atoms with van der Waals surface area (Å²) in [4.78, 5) is 0. The van der Waals surface area contributed by atoms with Gasteiger partial charge in [0.25, 0.3) is 0 Å². The molecule has 0 aliphatic heterocycles. The van der Waals surface area contributed by atoms with Gasteiger partial charge in [-0.05, 0) is 50.4 Å². The van der Waals surface area contributed by atoms with E-state index in [0.29, 0.717) is 12.0 Å². The second-order valence-corrected chi connectivity index (χ2v) is 4.76. The third-order valence-electron chi connectivity index (χ3n) is 3.06. The minimum absolute atomic E-state index is 0.516. The number of benzene rings is 1. The summed E-state index contributed by atoms with van der Waals surface area (Å²) in [5.74, 6) is 0.593. The molecule has 2 unspecified atom stereocenters. The molecule has 0 radical (unpaired) electrons. The molecule has 0 heterocycles. The van der Waals surface area contributed by atoms with Gasteiger partial charge in [0.05, 0.1) is 0 Å². The van der Waals surface area contributed by atoms with E-state index in [1.807, 2.05) is 13.1 Å². The van der Waals surface area contributed by atoms with Crippen LogP contribution in [0.15, 0.2) is 18.2 Å². The van der Waals surface area contributed by atoms with Crippen molar-refractivity contribution in [2.75, 3.05) is 7.05 Å². The Morgan fingerprint density at radius 3 is 2.53 bits per heavy atom. The lowest BCUT2D eigenvalue weighted by molar-refractivity contribution is 0.424. The van der Waals surface area contributed by atoms with Gasteiger partial charge >= 0.3 is 0 Å². The Morgan fingerprint density at radius 1 is 1.33 bits per heavy atom. The van der Waals surface area contributed by atoms with Crippen molar-refractivity contribution in [2.45, 2.75) is 33.2 Å². The molecule has 15 heavy (non-hydrogen) atoms. The van der Waals surface area contributed by atoms with Crippen molar-refractivity contribution in [3.8, 4) is 0 Å². The van der Waals surface area contributed by atoms with Gasteiger partial charge in [-0.1, -0.05) is 30.7 Å². The molecule has 2 heteroatoms. The Bertz CT molecular complexity index is 322. The van der Waals surface area contributed by atoms with E-state index in [1.54, 1.807) is 0 Å². The molecule has 0 aliphatic carbocycles. The van der Waals surface area contributed by atoms with Gasteiger partial charge in [-0.2, -0.15) is 0 Å². The van der Waals surface area contributed by atoms with Crippen molar-refractivity contribution in [1.82, 2.24) is 5.32 Å². The van der Waals surface area contributed by atoms with Gasteiger partial charge in [-0.25, -0.2) is 0 Å². The average molecular weight is 226 g/mol. The summed E-state index contributed by atoms with van der Waals surface area (Å²) < 4.78 is 0. The van der Waals surface area contributed by atoms with Gasteiger partial charge in [0.15, 0.2) is 0 Å². The third kappa shape index (κ3) is 3.51. The summed E-state index contributed by atoms with van der Waals surface area (Å²) >= 11 is 6.20. The minimum Gasteiger partial charge on any atom is -0.317 e. The van der Waals surface area contributed by atoms with Crippen LogP contribution < -0.4 is 5.32 Å². The Morgan fingerprint density at radius 2 is 2.00 bits per heavy atom. The van der Waals surface area contributed by atoms with Crippen LogP contribution in [0.1, 0.15) is 25.0 Å². The SMILES string of the molecule is CNC(C)C(C)Cc1ccc(C)cc1Cl. The molecule has 0 saturated heterocycles. The maximum absolute atomic E-state index is 6.20.